The van der Waals surface area contributed by atoms with Gasteiger partial charge in [0.25, 0.3) is 0 Å². The molecule has 0 aromatic carbocycles. The molecule has 0 aliphatic rings. The zero-order valence-corrected chi connectivity index (χ0v) is 4.44. The first-order valence-corrected chi connectivity index (χ1v) is 2.19. The van der Waals surface area contributed by atoms with Crippen molar-refractivity contribution in [3.63, 3.8) is 0 Å². The zero-order valence-electron chi connectivity index (χ0n) is 4.44. The summed E-state index contributed by atoms with van der Waals surface area (Å²) in [4.78, 5) is 0. The molecule has 0 unspecified atom stereocenters. The maximum absolute atomic E-state index is 6.86. The van der Waals surface area contributed by atoms with Gasteiger partial charge in [0, 0.05) is 12.3 Å². The van der Waals surface area contributed by atoms with E-state index in [0.29, 0.717) is 12.3 Å². The van der Waals surface area contributed by atoms with Crippen molar-refractivity contribution in [2.75, 3.05) is 6.54 Å². The van der Waals surface area contributed by atoms with Gasteiger partial charge in [0.1, 0.15) is 0 Å². The molecule has 0 radical (unpaired) electrons. The Morgan fingerprint density at radius 1 is 1.86 bits per heavy atom. The molecule has 0 spiro atoms. The number of nitrogens with two attached hydrogens (primary N) is 1. The lowest BCUT2D eigenvalue weighted by Crippen LogP contribution is -1.93. The van der Waals surface area contributed by atoms with Gasteiger partial charge in [0.2, 0.25) is 0 Å². The molecule has 0 rings (SSSR count). The molecule has 0 aromatic rings. The van der Waals surface area contributed by atoms with E-state index < -0.39 is 0 Å². The number of rotatable bonds is 2. The van der Waals surface area contributed by atoms with Crippen LogP contribution in [0.5, 0.6) is 0 Å². The lowest BCUT2D eigenvalue weighted by Gasteiger charge is -1.78. The summed E-state index contributed by atoms with van der Waals surface area (Å²) in [5, 5.41) is 6.86. The third-order valence-corrected chi connectivity index (χ3v) is 0.504. The Kier molecular flexibility index (Phi) is 3.24. The molecule has 0 heterocycles. The number of allylic oxidation sites excluding steroid dienone is 1. The summed E-state index contributed by atoms with van der Waals surface area (Å²) < 4.78 is 0. The first kappa shape index (κ1) is 6.37. The van der Waals surface area contributed by atoms with E-state index in [-0.39, 0.29) is 0 Å². The quantitative estimate of drug-likeness (QED) is 0.486. The Balaban J connectivity index is 3.26. The minimum atomic E-state index is 0.524. The van der Waals surface area contributed by atoms with Crippen molar-refractivity contribution >= 4 is 5.71 Å². The predicted molar refractivity (Wildman–Crippen MR) is 31.6 cm³/mol. The second-order valence-corrected chi connectivity index (χ2v) is 1.32. The summed E-state index contributed by atoms with van der Waals surface area (Å²) in [5.41, 5.74) is 5.64. The minimum Gasteiger partial charge on any atom is -0.327 e. The van der Waals surface area contributed by atoms with Crippen LogP contribution in [0.2, 0.25) is 0 Å². The van der Waals surface area contributed by atoms with Crippen LogP contribution in [0.1, 0.15) is 6.92 Å². The predicted octanol–water partition coefficient (Wildman–Crippen LogP) is 0.541. The van der Waals surface area contributed by atoms with Gasteiger partial charge in [0.05, 0.1) is 0 Å². The molecular formula is C5H10N2. The van der Waals surface area contributed by atoms with Crippen LogP contribution >= 0.6 is 0 Å². The van der Waals surface area contributed by atoms with Crippen LogP contribution in [0.4, 0.5) is 0 Å². The van der Waals surface area contributed by atoms with Crippen LogP contribution in [0, 0.1) is 5.41 Å². The largest absolute Gasteiger partial charge is 0.327 e. The number of hydrogen-bond acceptors (Lipinski definition) is 2. The highest BCUT2D eigenvalue weighted by molar-refractivity contribution is 5.89. The molecule has 0 amide bonds. The van der Waals surface area contributed by atoms with E-state index in [1.807, 2.05) is 0 Å². The molecule has 40 valence electrons. The molecule has 0 fully saturated rings. The van der Waals surface area contributed by atoms with Gasteiger partial charge in [-0.25, -0.2) is 0 Å². The summed E-state index contributed by atoms with van der Waals surface area (Å²) in [5.74, 6) is 0. The Hall–Kier alpha value is -0.630. The first-order valence-electron chi connectivity index (χ1n) is 2.19. The first-order chi connectivity index (χ1) is 3.27. The molecule has 0 saturated heterocycles. The van der Waals surface area contributed by atoms with E-state index in [1.54, 1.807) is 19.1 Å². The average Bonchev–Trinajstić information content (AvgIpc) is 1.61. The molecule has 0 atom stereocenters. The minimum absolute atomic E-state index is 0.524. The third-order valence-electron chi connectivity index (χ3n) is 0.504. The third kappa shape index (κ3) is 5.37. The van der Waals surface area contributed by atoms with E-state index >= 15 is 0 Å². The Bertz CT molecular complexity index is 84.1. The van der Waals surface area contributed by atoms with E-state index in [2.05, 4.69) is 0 Å². The smallest absolute Gasteiger partial charge is 0.0280 e. The van der Waals surface area contributed by atoms with Crippen LogP contribution < -0.4 is 5.73 Å². The average molecular weight is 98.1 g/mol. The molecule has 2 nitrogen and oxygen atoms in total. The molecule has 3 N–H and O–H groups in total. The highest BCUT2D eigenvalue weighted by Crippen LogP contribution is 1.70. The van der Waals surface area contributed by atoms with Gasteiger partial charge < -0.3 is 11.1 Å². The number of nitrogens with one attached hydrogen (secondary N) is 1. The van der Waals surface area contributed by atoms with E-state index in [1.165, 1.54) is 0 Å². The highest BCUT2D eigenvalue weighted by atomic mass is 14.5. The topological polar surface area (TPSA) is 49.9 Å². The lowest BCUT2D eigenvalue weighted by atomic mass is 10.4. The lowest BCUT2D eigenvalue weighted by molar-refractivity contribution is 1.25. The zero-order chi connectivity index (χ0) is 5.70. The Labute approximate surface area is 43.5 Å². The van der Waals surface area contributed by atoms with Crippen LogP contribution in [-0.2, 0) is 0 Å². The van der Waals surface area contributed by atoms with Crippen molar-refractivity contribution < 1.29 is 0 Å². The summed E-state index contributed by atoms with van der Waals surface area (Å²) >= 11 is 0. The van der Waals surface area contributed by atoms with Crippen molar-refractivity contribution in [2.45, 2.75) is 6.92 Å². The summed E-state index contributed by atoms with van der Waals surface area (Å²) in [6.07, 6.45) is 3.43. The fraction of sp³-hybridized carbons (Fsp3) is 0.400. The molecule has 0 aliphatic carbocycles. The molecule has 0 saturated carbocycles. The van der Waals surface area contributed by atoms with E-state index in [0.717, 1.165) is 0 Å². The Morgan fingerprint density at radius 2 is 2.43 bits per heavy atom. The number of hydrogen-bond donors (Lipinski definition) is 2. The standard InChI is InChI=1S/C5H10N2/c1-5(7)3-2-4-6/h2-3,7H,4,6H2,1H3/b3-2-,7-5?. The van der Waals surface area contributed by atoms with E-state index in [9.17, 15) is 0 Å². The maximum atomic E-state index is 6.86. The van der Waals surface area contributed by atoms with Crippen LogP contribution in [0.25, 0.3) is 0 Å². The van der Waals surface area contributed by atoms with Gasteiger partial charge in [-0.1, -0.05) is 6.08 Å². The fourth-order valence-corrected chi connectivity index (χ4v) is 0.245. The van der Waals surface area contributed by atoms with Crippen molar-refractivity contribution in [1.82, 2.24) is 0 Å². The maximum Gasteiger partial charge on any atom is 0.0280 e. The second kappa shape index (κ2) is 3.56. The Morgan fingerprint density at radius 3 is 2.57 bits per heavy atom. The van der Waals surface area contributed by atoms with Gasteiger partial charge >= 0.3 is 0 Å². The van der Waals surface area contributed by atoms with Gasteiger partial charge in [-0.15, -0.1) is 0 Å². The molecule has 0 aliphatic heterocycles. The van der Waals surface area contributed by atoms with Crippen molar-refractivity contribution in [2.24, 2.45) is 5.73 Å². The van der Waals surface area contributed by atoms with Gasteiger partial charge in [0.15, 0.2) is 0 Å². The van der Waals surface area contributed by atoms with Gasteiger partial charge in [-0.3, -0.25) is 0 Å². The van der Waals surface area contributed by atoms with Crippen molar-refractivity contribution in [3.05, 3.63) is 12.2 Å². The SMILES string of the molecule is CC(=N)/C=C\CN. The summed E-state index contributed by atoms with van der Waals surface area (Å²) in [6, 6.07) is 0. The monoisotopic (exact) mass is 98.1 g/mol. The molecule has 0 bridgehead atoms. The fourth-order valence-electron chi connectivity index (χ4n) is 0.245. The molecule has 2 heteroatoms. The normalized spacial score (nSPS) is 10.0. The van der Waals surface area contributed by atoms with Crippen LogP contribution in [0.15, 0.2) is 12.2 Å². The van der Waals surface area contributed by atoms with Crippen LogP contribution in [-0.4, -0.2) is 12.3 Å². The molecule has 7 heavy (non-hydrogen) atoms. The second-order valence-electron chi connectivity index (χ2n) is 1.32. The van der Waals surface area contributed by atoms with Crippen molar-refractivity contribution in [1.29, 1.82) is 5.41 Å². The van der Waals surface area contributed by atoms with Crippen molar-refractivity contribution in [3.8, 4) is 0 Å². The molecule has 0 aromatic heterocycles. The summed E-state index contributed by atoms with van der Waals surface area (Å²) in [6.45, 7) is 2.24. The highest BCUT2D eigenvalue weighted by Gasteiger charge is 1.70. The van der Waals surface area contributed by atoms with E-state index in [4.69, 9.17) is 11.1 Å². The summed E-state index contributed by atoms with van der Waals surface area (Å²) in [7, 11) is 0. The molecular weight excluding hydrogens is 88.1 g/mol. The van der Waals surface area contributed by atoms with Crippen LogP contribution in [0.3, 0.4) is 0 Å². The van der Waals surface area contributed by atoms with Gasteiger partial charge in [-0.05, 0) is 13.0 Å². The van der Waals surface area contributed by atoms with Gasteiger partial charge in [-0.2, -0.15) is 0 Å².